The van der Waals surface area contributed by atoms with Gasteiger partial charge in [-0.2, -0.15) is 13.2 Å². The molecule has 1 saturated heterocycles. The van der Waals surface area contributed by atoms with Crippen LogP contribution in [0.15, 0.2) is 36.4 Å². The van der Waals surface area contributed by atoms with Crippen molar-refractivity contribution in [1.29, 1.82) is 0 Å². The first-order chi connectivity index (χ1) is 17.4. The summed E-state index contributed by atoms with van der Waals surface area (Å²) < 4.78 is 45.0. The number of ether oxygens (including phenoxy) is 1. The monoisotopic (exact) mass is 519 g/mol. The number of amides is 1. The second-order valence-corrected chi connectivity index (χ2v) is 10.3. The third kappa shape index (κ3) is 6.85. The van der Waals surface area contributed by atoms with Crippen LogP contribution in [0.1, 0.15) is 78.7 Å². The van der Waals surface area contributed by atoms with Gasteiger partial charge in [0.1, 0.15) is 11.4 Å². The number of alkyl halides is 3. The van der Waals surface area contributed by atoms with Gasteiger partial charge in [-0.1, -0.05) is 19.4 Å². The summed E-state index contributed by atoms with van der Waals surface area (Å²) in [6.45, 7) is 13.7. The van der Waals surface area contributed by atoms with Gasteiger partial charge in [-0.05, 0) is 94.1 Å². The van der Waals surface area contributed by atoms with Crippen molar-refractivity contribution in [1.82, 2.24) is 9.80 Å². The Morgan fingerprint density at radius 3 is 2.16 bits per heavy atom. The number of hydrogen-bond acceptors (Lipinski definition) is 4. The molecule has 0 aromatic heterocycles. The molecule has 8 heteroatoms. The maximum atomic E-state index is 12.9. The van der Waals surface area contributed by atoms with Crippen molar-refractivity contribution in [2.24, 2.45) is 5.73 Å². The zero-order valence-corrected chi connectivity index (χ0v) is 22.6. The van der Waals surface area contributed by atoms with Gasteiger partial charge in [-0.3, -0.25) is 9.69 Å². The number of carbonyl (C=O) groups excluding carboxylic acids is 1. The van der Waals surface area contributed by atoms with E-state index in [1.54, 1.807) is 4.90 Å². The highest BCUT2D eigenvalue weighted by Gasteiger charge is 2.31. The van der Waals surface area contributed by atoms with E-state index in [0.717, 1.165) is 42.7 Å². The Bertz CT molecular complexity index is 1060. The highest BCUT2D eigenvalue weighted by Crippen LogP contribution is 2.35. The molecule has 1 amide bonds. The zero-order chi connectivity index (χ0) is 27.4. The lowest BCUT2D eigenvalue weighted by molar-refractivity contribution is -0.137. The molecule has 3 rings (SSSR count). The third-order valence-corrected chi connectivity index (χ3v) is 7.65. The van der Waals surface area contributed by atoms with Gasteiger partial charge < -0.3 is 15.4 Å². The van der Waals surface area contributed by atoms with Gasteiger partial charge in [0.15, 0.2) is 0 Å². The summed E-state index contributed by atoms with van der Waals surface area (Å²) in [5.74, 6) is 0.659. The Morgan fingerprint density at radius 2 is 1.62 bits per heavy atom. The minimum atomic E-state index is -4.41. The highest BCUT2D eigenvalue weighted by molar-refractivity contribution is 5.94. The van der Waals surface area contributed by atoms with Crippen LogP contribution in [-0.4, -0.2) is 54.0 Å². The second kappa shape index (κ2) is 11.9. The first kappa shape index (κ1) is 29.0. The molecule has 1 aliphatic rings. The lowest BCUT2D eigenvalue weighted by Crippen LogP contribution is -2.49. The number of carbonyl (C=O) groups is 1. The maximum Gasteiger partial charge on any atom is 0.416 e. The lowest BCUT2D eigenvalue weighted by atomic mass is 9.94. The number of nitrogens with zero attached hydrogens (tertiary/aromatic N) is 2. The Kier molecular flexibility index (Phi) is 9.29. The molecule has 0 radical (unpaired) electrons. The summed E-state index contributed by atoms with van der Waals surface area (Å²) in [6.07, 6.45) is -1.65. The van der Waals surface area contributed by atoms with E-state index < -0.39 is 11.7 Å². The molecule has 1 heterocycles. The van der Waals surface area contributed by atoms with E-state index in [0.29, 0.717) is 32.7 Å². The van der Waals surface area contributed by atoms with Crippen molar-refractivity contribution in [3.8, 4) is 5.75 Å². The van der Waals surface area contributed by atoms with Crippen LogP contribution in [0, 0.1) is 13.8 Å². The van der Waals surface area contributed by atoms with Gasteiger partial charge in [0, 0.05) is 37.8 Å². The molecular weight excluding hydrogens is 479 g/mol. The fourth-order valence-electron chi connectivity index (χ4n) is 5.20. The second-order valence-electron chi connectivity index (χ2n) is 10.3. The van der Waals surface area contributed by atoms with Crippen molar-refractivity contribution in [3.63, 3.8) is 0 Å². The van der Waals surface area contributed by atoms with Crippen molar-refractivity contribution in [3.05, 3.63) is 64.2 Å². The predicted octanol–water partition coefficient (Wildman–Crippen LogP) is 6.13. The molecule has 2 unspecified atom stereocenters. The Labute approximate surface area is 218 Å². The van der Waals surface area contributed by atoms with Crippen LogP contribution in [-0.2, 0) is 6.18 Å². The highest BCUT2D eigenvalue weighted by atomic mass is 19.4. The SMILES string of the molecule is CCCC(C)(CCN)Oc1ccc(C(C)N2CCN(C(=O)c3ccc(C(F)(F)F)cc3)CC2)c(C)c1C. The molecule has 0 saturated carbocycles. The van der Waals surface area contributed by atoms with Crippen LogP contribution >= 0.6 is 0 Å². The Balaban J connectivity index is 1.65. The lowest BCUT2D eigenvalue weighted by Gasteiger charge is -2.39. The molecule has 0 spiro atoms. The fraction of sp³-hybridized carbons (Fsp3) is 0.552. The predicted molar refractivity (Wildman–Crippen MR) is 141 cm³/mol. The first-order valence-electron chi connectivity index (χ1n) is 13.1. The first-order valence-corrected chi connectivity index (χ1v) is 13.1. The van der Waals surface area contributed by atoms with Gasteiger partial charge in [0.25, 0.3) is 5.91 Å². The summed E-state index contributed by atoms with van der Waals surface area (Å²) in [4.78, 5) is 16.9. The summed E-state index contributed by atoms with van der Waals surface area (Å²) in [7, 11) is 0. The normalized spacial score (nSPS) is 17.4. The topological polar surface area (TPSA) is 58.8 Å². The quantitative estimate of drug-likeness (QED) is 0.433. The molecule has 0 aliphatic carbocycles. The molecule has 5 nitrogen and oxygen atoms in total. The molecule has 1 fully saturated rings. The van der Waals surface area contributed by atoms with E-state index in [9.17, 15) is 18.0 Å². The minimum absolute atomic E-state index is 0.155. The Morgan fingerprint density at radius 1 is 1.00 bits per heavy atom. The molecule has 2 aromatic carbocycles. The van der Waals surface area contributed by atoms with Gasteiger partial charge in [-0.15, -0.1) is 0 Å². The number of benzene rings is 2. The van der Waals surface area contributed by atoms with E-state index in [2.05, 4.69) is 51.7 Å². The maximum absolute atomic E-state index is 12.9. The molecule has 204 valence electrons. The molecule has 37 heavy (non-hydrogen) atoms. The van der Waals surface area contributed by atoms with Gasteiger partial charge in [-0.25, -0.2) is 0 Å². The molecule has 2 atom stereocenters. The van der Waals surface area contributed by atoms with E-state index in [-0.39, 0.29) is 23.1 Å². The number of piperazine rings is 1. The van der Waals surface area contributed by atoms with Gasteiger partial charge in [0.2, 0.25) is 0 Å². The van der Waals surface area contributed by atoms with Crippen LogP contribution in [0.4, 0.5) is 13.2 Å². The van der Waals surface area contributed by atoms with E-state index in [1.165, 1.54) is 23.3 Å². The van der Waals surface area contributed by atoms with E-state index in [1.807, 2.05) is 0 Å². The van der Waals surface area contributed by atoms with Gasteiger partial charge >= 0.3 is 6.18 Å². The number of rotatable bonds is 9. The zero-order valence-electron chi connectivity index (χ0n) is 22.6. The molecule has 2 aromatic rings. The molecule has 0 bridgehead atoms. The van der Waals surface area contributed by atoms with Crippen molar-refractivity contribution >= 4 is 5.91 Å². The van der Waals surface area contributed by atoms with E-state index in [4.69, 9.17) is 10.5 Å². The average Bonchev–Trinajstić information content (AvgIpc) is 2.86. The van der Waals surface area contributed by atoms with Crippen LogP contribution in [0.2, 0.25) is 0 Å². The summed E-state index contributed by atoms with van der Waals surface area (Å²) >= 11 is 0. The number of halogens is 3. The van der Waals surface area contributed by atoms with Crippen molar-refractivity contribution in [2.45, 2.75) is 71.7 Å². The van der Waals surface area contributed by atoms with Crippen LogP contribution in [0.25, 0.3) is 0 Å². The van der Waals surface area contributed by atoms with Crippen LogP contribution in [0.5, 0.6) is 5.75 Å². The minimum Gasteiger partial charge on any atom is -0.487 e. The smallest absolute Gasteiger partial charge is 0.416 e. The largest absolute Gasteiger partial charge is 0.487 e. The van der Waals surface area contributed by atoms with Crippen molar-refractivity contribution in [2.75, 3.05) is 32.7 Å². The Hall–Kier alpha value is -2.58. The van der Waals surface area contributed by atoms with Gasteiger partial charge in [0.05, 0.1) is 5.56 Å². The van der Waals surface area contributed by atoms with Crippen LogP contribution < -0.4 is 10.5 Å². The molecule has 1 aliphatic heterocycles. The average molecular weight is 520 g/mol. The fourth-order valence-corrected chi connectivity index (χ4v) is 5.20. The number of hydrogen-bond donors (Lipinski definition) is 1. The number of nitrogens with two attached hydrogens (primary N) is 1. The van der Waals surface area contributed by atoms with Crippen molar-refractivity contribution < 1.29 is 22.7 Å². The molecular formula is C29H40F3N3O2. The molecule has 2 N–H and O–H groups in total. The third-order valence-electron chi connectivity index (χ3n) is 7.65. The summed E-state index contributed by atoms with van der Waals surface area (Å²) in [5, 5.41) is 0. The summed E-state index contributed by atoms with van der Waals surface area (Å²) in [5.41, 5.74) is 8.63. The van der Waals surface area contributed by atoms with E-state index >= 15 is 0 Å². The standard InChI is InChI=1S/C29H40F3N3O2/c1-6-13-28(5,14-15-33)37-26-12-11-25(20(2)21(26)3)22(4)34-16-18-35(19-17-34)27(36)23-7-9-24(10-8-23)29(30,31)32/h7-12,22H,6,13-19,33H2,1-5H3. The van der Waals surface area contributed by atoms with Crippen LogP contribution in [0.3, 0.4) is 0 Å². The summed E-state index contributed by atoms with van der Waals surface area (Å²) in [6, 6.07) is 8.79.